The number of carbonyl (C=O) groups is 2. The van der Waals surface area contributed by atoms with Crippen LogP contribution in [0.5, 0.6) is 0 Å². The molecule has 36 heavy (non-hydrogen) atoms. The van der Waals surface area contributed by atoms with Gasteiger partial charge in [-0.05, 0) is 54.1 Å². The van der Waals surface area contributed by atoms with Crippen LogP contribution in [-0.2, 0) is 26.0 Å². The first-order chi connectivity index (χ1) is 17.2. The van der Waals surface area contributed by atoms with Crippen molar-refractivity contribution in [3.05, 3.63) is 95.8 Å². The highest BCUT2D eigenvalue weighted by Crippen LogP contribution is 2.18. The number of hydrogen-bond acceptors (Lipinski definition) is 5. The van der Waals surface area contributed by atoms with E-state index in [1.807, 2.05) is 30.3 Å². The summed E-state index contributed by atoms with van der Waals surface area (Å²) in [6.07, 6.45) is 0.246. The number of ether oxygens (including phenoxy) is 1. The summed E-state index contributed by atoms with van der Waals surface area (Å²) >= 11 is 0. The molecule has 2 amide bonds. The van der Waals surface area contributed by atoms with Gasteiger partial charge in [0, 0.05) is 24.7 Å². The van der Waals surface area contributed by atoms with Crippen LogP contribution < -0.4 is 10.0 Å². The quantitative estimate of drug-likeness (QED) is 0.460. The monoisotopic (exact) mass is 511 g/mol. The Balaban J connectivity index is 1.51. The third-order valence-electron chi connectivity index (χ3n) is 5.85. The molecular weight excluding hydrogens is 485 g/mol. The van der Waals surface area contributed by atoms with Gasteiger partial charge < -0.3 is 15.0 Å². The topological polar surface area (TPSA) is 105 Å². The standard InChI is InChI=1S/C26H26FN3O5S/c1-30(26(32)19-7-9-20(27)10-8-19)24(15-18-5-3-2-4-6-18)25(31)28-21-11-13-23(14-12-21)36(33,34)29-22-16-35-17-22/h2-14,22,24,29H,15-17H2,1H3,(H,28,31). The van der Waals surface area contributed by atoms with Crippen LogP contribution in [0.4, 0.5) is 10.1 Å². The Morgan fingerprint density at radius 1 is 1.00 bits per heavy atom. The zero-order valence-corrected chi connectivity index (χ0v) is 20.4. The third kappa shape index (κ3) is 6.14. The lowest BCUT2D eigenvalue weighted by atomic mass is 10.0. The Morgan fingerprint density at radius 3 is 2.22 bits per heavy atom. The maximum Gasteiger partial charge on any atom is 0.254 e. The number of sulfonamides is 1. The average Bonchev–Trinajstić information content (AvgIpc) is 2.85. The highest BCUT2D eigenvalue weighted by molar-refractivity contribution is 7.89. The minimum Gasteiger partial charge on any atom is -0.378 e. The SMILES string of the molecule is CN(C(=O)c1ccc(F)cc1)C(Cc1ccccc1)C(=O)Nc1ccc(S(=O)(=O)NC2COC2)cc1. The second kappa shape index (κ2) is 11.0. The summed E-state index contributed by atoms with van der Waals surface area (Å²) < 4.78 is 45.8. The van der Waals surface area contributed by atoms with Gasteiger partial charge in [0.1, 0.15) is 11.9 Å². The highest BCUT2D eigenvalue weighted by atomic mass is 32.2. The van der Waals surface area contributed by atoms with Gasteiger partial charge in [-0.25, -0.2) is 17.5 Å². The number of likely N-dealkylation sites (N-methyl/N-ethyl adjacent to an activating group) is 1. The second-order valence-electron chi connectivity index (χ2n) is 8.50. The van der Waals surface area contributed by atoms with Crippen LogP contribution in [0.3, 0.4) is 0 Å². The van der Waals surface area contributed by atoms with Gasteiger partial charge in [-0.15, -0.1) is 0 Å². The van der Waals surface area contributed by atoms with Crippen molar-refractivity contribution in [2.45, 2.75) is 23.4 Å². The Kier molecular flexibility index (Phi) is 7.78. The number of hydrogen-bond donors (Lipinski definition) is 2. The van der Waals surface area contributed by atoms with Gasteiger partial charge in [0.15, 0.2) is 0 Å². The minimum absolute atomic E-state index is 0.0665. The van der Waals surface area contributed by atoms with E-state index in [1.165, 1.54) is 60.5 Å². The lowest BCUT2D eigenvalue weighted by Crippen LogP contribution is -2.48. The first-order valence-corrected chi connectivity index (χ1v) is 12.8. The molecule has 8 nitrogen and oxygen atoms in total. The van der Waals surface area contributed by atoms with Crippen LogP contribution in [0, 0.1) is 5.82 Å². The summed E-state index contributed by atoms with van der Waals surface area (Å²) in [6, 6.07) is 19.0. The maximum absolute atomic E-state index is 13.3. The Labute approximate surface area is 209 Å². The molecule has 4 rings (SSSR count). The van der Waals surface area contributed by atoms with Gasteiger partial charge in [0.05, 0.1) is 24.2 Å². The van der Waals surface area contributed by atoms with Gasteiger partial charge in [0.25, 0.3) is 5.91 Å². The Bertz CT molecular complexity index is 1310. The number of halogens is 1. The van der Waals surface area contributed by atoms with Crippen molar-refractivity contribution in [2.24, 2.45) is 0 Å². The van der Waals surface area contributed by atoms with Crippen LogP contribution in [0.2, 0.25) is 0 Å². The molecule has 3 aromatic rings. The summed E-state index contributed by atoms with van der Waals surface area (Å²) in [6.45, 7) is 0.667. The van der Waals surface area contributed by atoms with Gasteiger partial charge in [0.2, 0.25) is 15.9 Å². The van der Waals surface area contributed by atoms with E-state index in [9.17, 15) is 22.4 Å². The molecular formula is C26H26FN3O5S. The van der Waals surface area contributed by atoms with Crippen molar-refractivity contribution >= 4 is 27.5 Å². The summed E-state index contributed by atoms with van der Waals surface area (Å²) in [5, 5.41) is 2.77. The number of rotatable bonds is 9. The van der Waals surface area contributed by atoms with Crippen molar-refractivity contribution in [3.63, 3.8) is 0 Å². The Morgan fingerprint density at radius 2 is 1.64 bits per heavy atom. The van der Waals surface area contributed by atoms with E-state index in [4.69, 9.17) is 4.74 Å². The number of benzene rings is 3. The molecule has 0 aliphatic carbocycles. The molecule has 0 aromatic heterocycles. The van der Waals surface area contributed by atoms with Gasteiger partial charge >= 0.3 is 0 Å². The smallest absolute Gasteiger partial charge is 0.254 e. The fourth-order valence-corrected chi connectivity index (χ4v) is 4.92. The first-order valence-electron chi connectivity index (χ1n) is 11.3. The zero-order valence-electron chi connectivity index (χ0n) is 19.6. The van der Waals surface area contributed by atoms with Crippen LogP contribution in [-0.4, -0.2) is 57.5 Å². The third-order valence-corrected chi connectivity index (χ3v) is 7.38. The number of carbonyl (C=O) groups excluding carboxylic acids is 2. The average molecular weight is 512 g/mol. The molecule has 1 fully saturated rings. The lowest BCUT2D eigenvalue weighted by Gasteiger charge is -2.28. The second-order valence-corrected chi connectivity index (χ2v) is 10.2. The molecule has 1 heterocycles. The van der Waals surface area contributed by atoms with Gasteiger partial charge in [-0.2, -0.15) is 0 Å². The predicted molar refractivity (Wildman–Crippen MR) is 132 cm³/mol. The summed E-state index contributed by atoms with van der Waals surface area (Å²) in [5.74, 6) is -1.34. The molecule has 0 spiro atoms. The molecule has 0 bridgehead atoms. The first kappa shape index (κ1) is 25.5. The van der Waals surface area contributed by atoms with E-state index >= 15 is 0 Å². The van der Waals surface area contributed by atoms with Crippen LogP contribution >= 0.6 is 0 Å². The van der Waals surface area contributed by atoms with E-state index in [0.29, 0.717) is 18.9 Å². The molecule has 0 saturated carbocycles. The van der Waals surface area contributed by atoms with Crippen molar-refractivity contribution in [1.82, 2.24) is 9.62 Å². The molecule has 1 atom stereocenters. The molecule has 0 radical (unpaired) electrons. The number of nitrogens with one attached hydrogen (secondary N) is 2. The van der Waals surface area contributed by atoms with E-state index in [1.54, 1.807) is 0 Å². The zero-order chi connectivity index (χ0) is 25.7. The molecule has 1 aliphatic rings. The maximum atomic E-state index is 13.3. The fourth-order valence-electron chi connectivity index (χ4n) is 3.71. The van der Waals surface area contributed by atoms with Crippen molar-refractivity contribution in [3.8, 4) is 0 Å². The van der Waals surface area contributed by atoms with Gasteiger partial charge in [-0.3, -0.25) is 9.59 Å². The fraction of sp³-hybridized carbons (Fsp3) is 0.231. The van der Waals surface area contributed by atoms with Crippen molar-refractivity contribution in [2.75, 3.05) is 25.6 Å². The summed E-state index contributed by atoms with van der Waals surface area (Å²) in [5.41, 5.74) is 1.49. The van der Waals surface area contributed by atoms with Crippen LogP contribution in [0.1, 0.15) is 15.9 Å². The van der Waals surface area contributed by atoms with E-state index < -0.39 is 33.7 Å². The normalized spacial score (nSPS) is 14.5. The van der Waals surface area contributed by atoms with Crippen molar-refractivity contribution < 1.29 is 27.1 Å². The largest absolute Gasteiger partial charge is 0.378 e. The number of amides is 2. The van der Waals surface area contributed by atoms with E-state index in [-0.39, 0.29) is 22.9 Å². The van der Waals surface area contributed by atoms with E-state index in [0.717, 1.165) is 5.56 Å². The molecule has 2 N–H and O–H groups in total. The molecule has 10 heteroatoms. The van der Waals surface area contributed by atoms with Crippen LogP contribution in [0.25, 0.3) is 0 Å². The molecule has 1 saturated heterocycles. The minimum atomic E-state index is -3.70. The Hall–Kier alpha value is -3.60. The lowest BCUT2D eigenvalue weighted by molar-refractivity contribution is -0.120. The molecule has 188 valence electrons. The van der Waals surface area contributed by atoms with Crippen LogP contribution in [0.15, 0.2) is 83.8 Å². The molecule has 3 aromatic carbocycles. The number of nitrogens with zero attached hydrogens (tertiary/aromatic N) is 1. The molecule has 1 unspecified atom stereocenters. The summed E-state index contributed by atoms with van der Waals surface area (Å²) in [7, 11) is -2.19. The predicted octanol–water partition coefficient (Wildman–Crippen LogP) is 2.82. The number of anilines is 1. The van der Waals surface area contributed by atoms with E-state index in [2.05, 4.69) is 10.0 Å². The highest BCUT2D eigenvalue weighted by Gasteiger charge is 2.29. The summed E-state index contributed by atoms with van der Waals surface area (Å²) in [4.78, 5) is 27.8. The van der Waals surface area contributed by atoms with Crippen molar-refractivity contribution in [1.29, 1.82) is 0 Å². The van der Waals surface area contributed by atoms with Gasteiger partial charge in [-0.1, -0.05) is 30.3 Å². The molecule has 1 aliphatic heterocycles.